The van der Waals surface area contributed by atoms with Gasteiger partial charge < -0.3 is 15.0 Å². The summed E-state index contributed by atoms with van der Waals surface area (Å²) in [6.07, 6.45) is 3.17. The van der Waals surface area contributed by atoms with Crippen molar-refractivity contribution >= 4 is 29.0 Å². The molecule has 2 rings (SSSR count). The molecule has 0 unspecified atom stereocenters. The first-order chi connectivity index (χ1) is 13.8. The van der Waals surface area contributed by atoms with Gasteiger partial charge in [-0.3, -0.25) is 10.1 Å². The van der Waals surface area contributed by atoms with Gasteiger partial charge in [-0.15, -0.1) is 0 Å². The van der Waals surface area contributed by atoms with Crippen molar-refractivity contribution in [2.24, 2.45) is 5.92 Å². The Hall–Kier alpha value is -3.23. The second-order valence-corrected chi connectivity index (χ2v) is 7.12. The summed E-state index contributed by atoms with van der Waals surface area (Å²) in [4.78, 5) is 33.1. The van der Waals surface area contributed by atoms with E-state index in [0.717, 1.165) is 12.8 Å². The number of hydrogen-bond donors (Lipinski definition) is 1. The summed E-state index contributed by atoms with van der Waals surface area (Å²) in [5.74, 6) is 0.203. The van der Waals surface area contributed by atoms with E-state index in [1.54, 1.807) is 36.2 Å². The Labute approximate surface area is 170 Å². The number of unbranched alkanes of at least 4 members (excludes halogenated alkanes) is 1. The summed E-state index contributed by atoms with van der Waals surface area (Å²) in [5, 5.41) is 14.6. The maximum Gasteiger partial charge on any atom is 0.353 e. The SMILES string of the molecule is CCCCN(C)c1ncnc(Nc2ccc(C(=O)OCC(C)C)cc2)c1[N+](=O)[O-]. The van der Waals surface area contributed by atoms with E-state index in [1.807, 2.05) is 13.8 Å². The minimum absolute atomic E-state index is 0.0958. The van der Waals surface area contributed by atoms with E-state index in [-0.39, 0.29) is 23.2 Å². The van der Waals surface area contributed by atoms with E-state index in [0.29, 0.717) is 24.4 Å². The molecule has 156 valence electrons. The van der Waals surface area contributed by atoms with Crippen LogP contribution in [0.2, 0.25) is 0 Å². The number of hydrogen-bond acceptors (Lipinski definition) is 8. The highest BCUT2D eigenvalue weighted by atomic mass is 16.6. The topological polar surface area (TPSA) is 110 Å². The quantitative estimate of drug-likeness (QED) is 0.359. The minimum atomic E-state index is -0.488. The predicted molar refractivity (Wildman–Crippen MR) is 112 cm³/mol. The molecule has 1 N–H and O–H groups in total. The van der Waals surface area contributed by atoms with Crippen LogP contribution in [-0.4, -0.2) is 41.1 Å². The first kappa shape index (κ1) is 22.1. The van der Waals surface area contributed by atoms with E-state index in [1.165, 1.54) is 6.33 Å². The number of anilines is 3. The molecule has 0 spiro atoms. The molecule has 29 heavy (non-hydrogen) atoms. The molecule has 1 heterocycles. The molecular weight excluding hydrogens is 374 g/mol. The maximum absolute atomic E-state index is 12.0. The number of ether oxygens (including phenoxy) is 1. The van der Waals surface area contributed by atoms with Gasteiger partial charge in [0, 0.05) is 19.3 Å². The molecule has 0 atom stereocenters. The monoisotopic (exact) mass is 401 g/mol. The van der Waals surface area contributed by atoms with Gasteiger partial charge in [0.1, 0.15) is 6.33 Å². The Bertz CT molecular complexity index is 839. The fourth-order valence-electron chi connectivity index (χ4n) is 2.56. The van der Waals surface area contributed by atoms with Crippen molar-refractivity contribution in [1.82, 2.24) is 9.97 Å². The molecule has 1 aromatic heterocycles. The van der Waals surface area contributed by atoms with Crippen LogP contribution in [0.5, 0.6) is 0 Å². The van der Waals surface area contributed by atoms with Gasteiger partial charge in [-0.1, -0.05) is 27.2 Å². The highest BCUT2D eigenvalue weighted by Gasteiger charge is 2.25. The number of nitrogens with zero attached hydrogens (tertiary/aromatic N) is 4. The summed E-state index contributed by atoms with van der Waals surface area (Å²) in [6, 6.07) is 6.51. The third-order valence-electron chi connectivity index (χ3n) is 4.13. The average Bonchev–Trinajstić information content (AvgIpc) is 2.70. The molecule has 2 aromatic rings. The molecule has 9 nitrogen and oxygen atoms in total. The summed E-state index contributed by atoms with van der Waals surface area (Å²) in [6.45, 7) is 6.98. The molecule has 0 aliphatic rings. The van der Waals surface area contributed by atoms with Gasteiger partial charge in [-0.25, -0.2) is 14.8 Å². The zero-order valence-corrected chi connectivity index (χ0v) is 17.2. The number of carbonyl (C=O) groups excluding carboxylic acids is 1. The first-order valence-corrected chi connectivity index (χ1v) is 9.58. The van der Waals surface area contributed by atoms with Crippen LogP contribution < -0.4 is 10.2 Å². The van der Waals surface area contributed by atoms with Gasteiger partial charge in [-0.2, -0.15) is 0 Å². The number of esters is 1. The Kier molecular flexibility index (Phi) is 7.88. The highest BCUT2D eigenvalue weighted by molar-refractivity contribution is 5.90. The second-order valence-electron chi connectivity index (χ2n) is 7.12. The summed E-state index contributed by atoms with van der Waals surface area (Å²) in [7, 11) is 1.77. The van der Waals surface area contributed by atoms with Crippen LogP contribution in [0.3, 0.4) is 0 Å². The van der Waals surface area contributed by atoms with Gasteiger partial charge in [0.15, 0.2) is 0 Å². The van der Waals surface area contributed by atoms with Gasteiger partial charge in [-0.05, 0) is 36.6 Å². The largest absolute Gasteiger partial charge is 0.462 e. The van der Waals surface area contributed by atoms with E-state index in [4.69, 9.17) is 4.74 Å². The van der Waals surface area contributed by atoms with Crippen LogP contribution in [0.25, 0.3) is 0 Å². The second kappa shape index (κ2) is 10.4. The van der Waals surface area contributed by atoms with Gasteiger partial charge in [0.2, 0.25) is 11.6 Å². The molecule has 0 amide bonds. The summed E-state index contributed by atoms with van der Waals surface area (Å²) >= 11 is 0. The van der Waals surface area contributed by atoms with Crippen LogP contribution in [-0.2, 0) is 4.74 Å². The summed E-state index contributed by atoms with van der Waals surface area (Å²) < 4.78 is 5.20. The van der Waals surface area contributed by atoms with Crippen molar-refractivity contribution < 1.29 is 14.5 Å². The number of aromatic nitrogens is 2. The molecule has 0 radical (unpaired) electrons. The van der Waals surface area contributed by atoms with Crippen LogP contribution in [0.4, 0.5) is 23.0 Å². The van der Waals surface area contributed by atoms with Crippen LogP contribution in [0, 0.1) is 16.0 Å². The maximum atomic E-state index is 12.0. The smallest absolute Gasteiger partial charge is 0.353 e. The van der Waals surface area contributed by atoms with Crippen molar-refractivity contribution in [3.05, 3.63) is 46.3 Å². The van der Waals surface area contributed by atoms with Gasteiger partial charge in [0.05, 0.1) is 17.1 Å². The van der Waals surface area contributed by atoms with E-state index < -0.39 is 10.9 Å². The predicted octanol–water partition coefficient (Wildman–Crippen LogP) is 4.18. The first-order valence-electron chi connectivity index (χ1n) is 9.58. The fraction of sp³-hybridized carbons (Fsp3) is 0.450. The van der Waals surface area contributed by atoms with Crippen molar-refractivity contribution in [3.8, 4) is 0 Å². The Balaban J connectivity index is 2.21. The fourth-order valence-corrected chi connectivity index (χ4v) is 2.56. The Morgan fingerprint density at radius 1 is 1.28 bits per heavy atom. The Morgan fingerprint density at radius 2 is 1.97 bits per heavy atom. The lowest BCUT2D eigenvalue weighted by Crippen LogP contribution is -2.21. The third kappa shape index (κ3) is 6.13. The number of carbonyl (C=O) groups is 1. The Morgan fingerprint density at radius 3 is 2.55 bits per heavy atom. The zero-order valence-electron chi connectivity index (χ0n) is 17.2. The highest BCUT2D eigenvalue weighted by Crippen LogP contribution is 2.33. The number of rotatable bonds is 10. The lowest BCUT2D eigenvalue weighted by Gasteiger charge is -2.18. The van der Waals surface area contributed by atoms with Crippen LogP contribution >= 0.6 is 0 Å². The van der Waals surface area contributed by atoms with Crippen molar-refractivity contribution in [2.75, 3.05) is 30.4 Å². The van der Waals surface area contributed by atoms with E-state index >= 15 is 0 Å². The van der Waals surface area contributed by atoms with Crippen LogP contribution in [0.15, 0.2) is 30.6 Å². The molecule has 0 aliphatic heterocycles. The molecule has 0 aliphatic carbocycles. The molecular formula is C20H27N5O4. The minimum Gasteiger partial charge on any atom is -0.462 e. The number of nitrogens with one attached hydrogen (secondary N) is 1. The van der Waals surface area contributed by atoms with Crippen LogP contribution in [0.1, 0.15) is 44.0 Å². The van der Waals surface area contributed by atoms with E-state index in [2.05, 4.69) is 22.2 Å². The molecule has 1 aromatic carbocycles. The number of nitro groups is 1. The van der Waals surface area contributed by atoms with Crippen molar-refractivity contribution in [2.45, 2.75) is 33.6 Å². The zero-order chi connectivity index (χ0) is 21.4. The van der Waals surface area contributed by atoms with Crippen molar-refractivity contribution in [1.29, 1.82) is 0 Å². The molecule has 0 saturated heterocycles. The third-order valence-corrected chi connectivity index (χ3v) is 4.13. The van der Waals surface area contributed by atoms with Gasteiger partial charge in [0.25, 0.3) is 0 Å². The normalized spacial score (nSPS) is 10.7. The lowest BCUT2D eigenvalue weighted by atomic mass is 10.2. The summed E-state index contributed by atoms with van der Waals surface area (Å²) in [5.41, 5.74) is 0.786. The number of benzene rings is 1. The average molecular weight is 401 g/mol. The standard InChI is InChI=1S/C20H27N5O4/c1-5-6-11-24(4)19-17(25(27)28)18(21-13-22-19)23-16-9-7-15(8-10-16)20(26)29-12-14(2)3/h7-10,13-14H,5-6,11-12H2,1-4H3,(H,21,22,23). The molecule has 9 heteroatoms. The molecule has 0 bridgehead atoms. The lowest BCUT2D eigenvalue weighted by molar-refractivity contribution is -0.383. The van der Waals surface area contributed by atoms with Crippen molar-refractivity contribution in [3.63, 3.8) is 0 Å². The molecule has 0 saturated carbocycles. The molecule has 0 fully saturated rings. The van der Waals surface area contributed by atoms with E-state index in [9.17, 15) is 14.9 Å². The van der Waals surface area contributed by atoms with Gasteiger partial charge >= 0.3 is 11.7 Å².